The second-order valence-corrected chi connectivity index (χ2v) is 12.0. The van der Waals surface area contributed by atoms with E-state index in [0.717, 1.165) is 11.3 Å². The molecule has 1 unspecified atom stereocenters. The van der Waals surface area contributed by atoms with Crippen molar-refractivity contribution in [2.75, 3.05) is 11.3 Å². The fourth-order valence-corrected chi connectivity index (χ4v) is 3.49. The lowest BCUT2D eigenvalue weighted by Crippen LogP contribution is -2.60. The minimum atomic E-state index is -3.44. The average molecular weight is 498 g/mol. The second-order valence-electron chi connectivity index (χ2n) is 9.97. The summed E-state index contributed by atoms with van der Waals surface area (Å²) in [5.41, 5.74) is -3.37. The highest BCUT2D eigenvalue weighted by Crippen LogP contribution is 2.33. The Morgan fingerprint density at radius 2 is 1.50 bits per heavy atom. The Morgan fingerprint density at radius 3 is 1.94 bits per heavy atom. The van der Waals surface area contributed by atoms with E-state index < -0.39 is 44.7 Å². The molecule has 2 rings (SSSR count). The fourth-order valence-electron chi connectivity index (χ4n) is 2.85. The molecule has 1 aliphatic rings. The molecule has 1 atom stereocenters. The summed E-state index contributed by atoms with van der Waals surface area (Å²) >= 11 is 0. The first kappa shape index (κ1) is 27.1. The van der Waals surface area contributed by atoms with Crippen LogP contribution in [-0.2, 0) is 28.9 Å². The van der Waals surface area contributed by atoms with Crippen molar-refractivity contribution >= 4 is 39.4 Å². The number of anilines is 1. The number of rotatable bonds is 3. The zero-order chi connectivity index (χ0) is 26.3. The lowest BCUT2D eigenvalue weighted by Gasteiger charge is -2.35. The van der Waals surface area contributed by atoms with E-state index in [1.165, 1.54) is 38.1 Å². The monoisotopic (exact) mass is 497 g/mol. The largest absolute Gasteiger partial charge is 0.534 e. The van der Waals surface area contributed by atoms with Crippen molar-refractivity contribution in [2.45, 2.75) is 77.0 Å². The Balaban J connectivity index is 2.46. The highest BCUT2D eigenvalue weighted by Gasteiger charge is 2.56. The lowest BCUT2D eigenvalue weighted by molar-refractivity contribution is -0.171. The standard InChI is InChI=1S/C22H31N3O8S/c1-14-22(8,17(26)24(23-14)15-10-12-16(13-11-15)34(9,29)30)25(18(27)31-20(2,3)4)33-19(28)32-21(5,6)7/h10-13H,1-9H3. The van der Waals surface area contributed by atoms with Crippen molar-refractivity contribution in [3.8, 4) is 0 Å². The molecular weight excluding hydrogens is 466 g/mol. The molecule has 0 fully saturated rings. The Labute approximate surface area is 199 Å². The highest BCUT2D eigenvalue weighted by molar-refractivity contribution is 7.90. The minimum Gasteiger partial charge on any atom is -0.442 e. The van der Waals surface area contributed by atoms with Crippen LogP contribution in [0.3, 0.4) is 0 Å². The Kier molecular flexibility index (Phi) is 7.09. The predicted molar refractivity (Wildman–Crippen MR) is 124 cm³/mol. The second kappa shape index (κ2) is 8.90. The summed E-state index contributed by atoms with van der Waals surface area (Å²) < 4.78 is 34.0. The third-order valence-corrected chi connectivity index (χ3v) is 5.72. The van der Waals surface area contributed by atoms with Crippen molar-refractivity contribution in [1.82, 2.24) is 5.06 Å². The number of hydrogen-bond donors (Lipinski definition) is 0. The molecule has 0 spiro atoms. The number of ether oxygens (including phenoxy) is 2. The van der Waals surface area contributed by atoms with E-state index in [0.29, 0.717) is 5.06 Å². The summed E-state index contributed by atoms with van der Waals surface area (Å²) in [4.78, 5) is 44.2. The molecule has 0 radical (unpaired) electrons. The number of hydrazone groups is 1. The first-order valence-corrected chi connectivity index (χ1v) is 12.3. The van der Waals surface area contributed by atoms with Crippen LogP contribution in [0, 0.1) is 0 Å². The number of carbonyl (C=O) groups excluding carboxylic acids is 3. The lowest BCUT2D eigenvalue weighted by atomic mass is 9.96. The number of hydrogen-bond acceptors (Lipinski definition) is 9. The molecule has 188 valence electrons. The van der Waals surface area contributed by atoms with Gasteiger partial charge in [-0.15, -0.1) is 5.06 Å². The van der Waals surface area contributed by atoms with Gasteiger partial charge in [0.05, 0.1) is 16.3 Å². The quantitative estimate of drug-likeness (QED) is 0.456. The van der Waals surface area contributed by atoms with Gasteiger partial charge in [0.15, 0.2) is 9.84 Å². The van der Waals surface area contributed by atoms with Crippen LogP contribution >= 0.6 is 0 Å². The van der Waals surface area contributed by atoms with E-state index in [1.54, 1.807) is 41.5 Å². The first-order chi connectivity index (χ1) is 15.3. The SMILES string of the molecule is CC1=NN(c2ccc(S(C)(=O)=O)cc2)C(=O)C1(C)N(OC(=O)OC(C)(C)C)C(=O)OC(C)(C)C. The van der Waals surface area contributed by atoms with Crippen LogP contribution in [0.2, 0.25) is 0 Å². The van der Waals surface area contributed by atoms with E-state index in [-0.39, 0.29) is 16.3 Å². The van der Waals surface area contributed by atoms with Gasteiger partial charge in [0.2, 0.25) is 5.54 Å². The molecule has 34 heavy (non-hydrogen) atoms. The van der Waals surface area contributed by atoms with Crippen molar-refractivity contribution in [2.24, 2.45) is 5.10 Å². The van der Waals surface area contributed by atoms with Gasteiger partial charge >= 0.3 is 12.2 Å². The molecule has 0 aromatic heterocycles. The van der Waals surface area contributed by atoms with Crippen LogP contribution in [0.25, 0.3) is 0 Å². The Bertz CT molecular complexity index is 1110. The van der Waals surface area contributed by atoms with E-state index >= 15 is 0 Å². The molecule has 1 aliphatic heterocycles. The molecule has 0 N–H and O–H groups in total. The van der Waals surface area contributed by atoms with Crippen molar-refractivity contribution in [1.29, 1.82) is 0 Å². The van der Waals surface area contributed by atoms with Gasteiger partial charge in [-0.2, -0.15) is 10.1 Å². The molecule has 0 saturated heterocycles. The summed E-state index contributed by atoms with van der Waals surface area (Å²) in [6.07, 6.45) is -1.25. The normalized spacial score (nSPS) is 18.9. The molecule has 0 saturated carbocycles. The number of carbonyl (C=O) groups is 3. The number of nitrogens with zero attached hydrogens (tertiary/aromatic N) is 3. The van der Waals surface area contributed by atoms with Gasteiger partial charge in [-0.25, -0.2) is 18.0 Å². The Hall–Kier alpha value is -3.15. The van der Waals surface area contributed by atoms with Crippen molar-refractivity contribution < 1.29 is 37.1 Å². The third-order valence-electron chi connectivity index (χ3n) is 4.59. The van der Waals surface area contributed by atoms with Gasteiger partial charge in [0, 0.05) is 6.26 Å². The highest BCUT2D eigenvalue weighted by atomic mass is 32.2. The maximum atomic E-state index is 13.5. The number of sulfone groups is 1. The molecule has 0 aliphatic carbocycles. The molecule has 12 heteroatoms. The topological polar surface area (TPSA) is 132 Å². The molecule has 0 bridgehead atoms. The predicted octanol–water partition coefficient (Wildman–Crippen LogP) is 3.68. The molecule has 1 aromatic carbocycles. The van der Waals surface area contributed by atoms with Crippen molar-refractivity contribution in [3.63, 3.8) is 0 Å². The number of benzene rings is 1. The van der Waals surface area contributed by atoms with Gasteiger partial charge < -0.3 is 9.47 Å². The summed E-state index contributed by atoms with van der Waals surface area (Å²) in [7, 11) is -3.44. The maximum absolute atomic E-state index is 13.5. The van der Waals surface area contributed by atoms with E-state index in [2.05, 4.69) is 5.10 Å². The van der Waals surface area contributed by atoms with Gasteiger partial charge in [0.25, 0.3) is 5.91 Å². The van der Waals surface area contributed by atoms with Gasteiger partial charge in [-0.05, 0) is 79.7 Å². The van der Waals surface area contributed by atoms with Crippen LogP contribution in [0.15, 0.2) is 34.3 Å². The van der Waals surface area contributed by atoms with Gasteiger partial charge in [-0.1, -0.05) is 0 Å². The Morgan fingerprint density at radius 1 is 1.00 bits per heavy atom. The zero-order valence-corrected chi connectivity index (χ0v) is 21.6. The van der Waals surface area contributed by atoms with Crippen LogP contribution in [0.4, 0.5) is 15.3 Å². The average Bonchev–Trinajstić information content (AvgIpc) is 2.87. The fraction of sp³-hybridized carbons (Fsp3) is 0.545. The smallest absolute Gasteiger partial charge is 0.442 e. The summed E-state index contributed by atoms with van der Waals surface area (Å²) in [5, 5.41) is 5.75. The zero-order valence-electron chi connectivity index (χ0n) is 20.8. The minimum absolute atomic E-state index is 0.0648. The summed E-state index contributed by atoms with van der Waals surface area (Å²) in [6.45, 7) is 12.5. The van der Waals surface area contributed by atoms with Crippen molar-refractivity contribution in [3.05, 3.63) is 24.3 Å². The molecular formula is C22H31N3O8S. The van der Waals surface area contributed by atoms with E-state index in [4.69, 9.17) is 14.3 Å². The summed E-state index contributed by atoms with van der Waals surface area (Å²) in [5.74, 6) is -0.730. The third kappa shape index (κ3) is 6.04. The molecule has 2 amide bonds. The van der Waals surface area contributed by atoms with Crippen LogP contribution < -0.4 is 5.01 Å². The van der Waals surface area contributed by atoms with Gasteiger partial charge in [-0.3, -0.25) is 9.63 Å². The maximum Gasteiger partial charge on any atom is 0.534 e. The first-order valence-electron chi connectivity index (χ1n) is 10.4. The molecule has 1 aromatic rings. The van der Waals surface area contributed by atoms with Crippen LogP contribution in [0.1, 0.15) is 55.4 Å². The van der Waals surface area contributed by atoms with Crippen LogP contribution in [0.5, 0.6) is 0 Å². The van der Waals surface area contributed by atoms with Crippen LogP contribution in [-0.4, -0.2) is 60.3 Å². The molecule has 1 heterocycles. The number of amides is 2. The summed E-state index contributed by atoms with van der Waals surface area (Å²) in [6, 6.07) is 5.48. The molecule has 11 nitrogen and oxygen atoms in total. The van der Waals surface area contributed by atoms with E-state index in [9.17, 15) is 22.8 Å². The van der Waals surface area contributed by atoms with Gasteiger partial charge in [0.1, 0.15) is 11.2 Å². The van der Waals surface area contributed by atoms with E-state index in [1.807, 2.05) is 0 Å². The number of hydroxylamine groups is 2.